The molecule has 0 aliphatic rings. The van der Waals surface area contributed by atoms with Crippen molar-refractivity contribution in [1.82, 2.24) is 0 Å². The average Bonchev–Trinajstić information content (AvgIpc) is 2.35. The molecule has 3 nitrogen and oxygen atoms in total. The minimum absolute atomic E-state index is 0.150. The quantitative estimate of drug-likeness (QED) is 0.578. The normalized spacial score (nSPS) is 13.8. The van der Waals surface area contributed by atoms with Gasteiger partial charge in [0.25, 0.3) is 0 Å². The van der Waals surface area contributed by atoms with E-state index in [-0.39, 0.29) is 11.1 Å². The highest BCUT2D eigenvalue weighted by molar-refractivity contribution is 6.43. The Balaban J connectivity index is 2.74. The summed E-state index contributed by atoms with van der Waals surface area (Å²) in [4.78, 5) is 11.7. The number of rotatable bonds is 5. The summed E-state index contributed by atoms with van der Waals surface area (Å²) in [5.41, 5.74) is 0. The first kappa shape index (κ1) is 16.4. The highest BCUT2D eigenvalue weighted by Gasteiger charge is 2.20. The number of hydrogen-bond acceptors (Lipinski definition) is 3. The van der Waals surface area contributed by atoms with Crippen molar-refractivity contribution in [2.45, 2.75) is 39.4 Å². The molecule has 1 aromatic rings. The van der Waals surface area contributed by atoms with Gasteiger partial charge in [-0.05, 0) is 26.3 Å². The zero-order valence-electron chi connectivity index (χ0n) is 10.9. The van der Waals surface area contributed by atoms with Crippen LogP contribution in [0.1, 0.15) is 27.2 Å². The fraction of sp³-hybridized carbons (Fsp3) is 0.462. The van der Waals surface area contributed by atoms with Crippen LogP contribution in [-0.2, 0) is 9.53 Å². The largest absolute Gasteiger partial charge is 0.477 e. The first-order chi connectivity index (χ1) is 8.85. The van der Waals surface area contributed by atoms with Crippen molar-refractivity contribution in [1.29, 1.82) is 0 Å². The molecule has 0 saturated heterocycles. The number of benzene rings is 1. The fourth-order valence-corrected chi connectivity index (χ4v) is 1.79. The molecule has 2 unspecified atom stereocenters. The Morgan fingerprint density at radius 3 is 2.32 bits per heavy atom. The Morgan fingerprint density at radius 1 is 1.16 bits per heavy atom. The lowest BCUT2D eigenvalue weighted by atomic mass is 10.3. The number of halogens is 3. The standard InChI is InChI=1S/C13H15Cl3O3/c1-4-7(2)18-13(17)8(3)19-12-6-10(15)9(14)5-11(12)16/h5-8H,4H2,1-3H3. The predicted molar refractivity (Wildman–Crippen MR) is 77.4 cm³/mol. The molecular formula is C13H15Cl3O3. The first-order valence-electron chi connectivity index (χ1n) is 5.86. The summed E-state index contributed by atoms with van der Waals surface area (Å²) in [6, 6.07) is 2.94. The summed E-state index contributed by atoms with van der Waals surface area (Å²) in [6.45, 7) is 5.33. The summed E-state index contributed by atoms with van der Waals surface area (Å²) < 4.78 is 10.6. The Hall–Kier alpha value is -0.640. The van der Waals surface area contributed by atoms with Crippen LogP contribution in [0.5, 0.6) is 5.75 Å². The highest BCUT2D eigenvalue weighted by atomic mass is 35.5. The third-order valence-electron chi connectivity index (χ3n) is 2.50. The van der Waals surface area contributed by atoms with E-state index >= 15 is 0 Å². The van der Waals surface area contributed by atoms with Crippen LogP contribution < -0.4 is 4.74 Å². The van der Waals surface area contributed by atoms with E-state index in [2.05, 4.69) is 0 Å². The van der Waals surface area contributed by atoms with E-state index < -0.39 is 12.1 Å². The average molecular weight is 326 g/mol. The molecule has 0 aliphatic heterocycles. The Kier molecular flexibility index (Phi) is 6.24. The van der Waals surface area contributed by atoms with Crippen LogP contribution in [0.2, 0.25) is 15.1 Å². The number of ether oxygens (including phenoxy) is 2. The van der Waals surface area contributed by atoms with Crippen molar-refractivity contribution in [2.24, 2.45) is 0 Å². The molecule has 0 bridgehead atoms. The molecule has 2 atom stereocenters. The summed E-state index contributed by atoms with van der Waals surface area (Å²) >= 11 is 17.6. The van der Waals surface area contributed by atoms with Gasteiger partial charge in [-0.15, -0.1) is 0 Å². The molecular weight excluding hydrogens is 310 g/mol. The molecule has 6 heteroatoms. The van der Waals surface area contributed by atoms with E-state index in [9.17, 15) is 4.79 Å². The number of carbonyl (C=O) groups is 1. The molecule has 0 heterocycles. The minimum atomic E-state index is -0.774. The maximum atomic E-state index is 11.7. The molecule has 106 valence electrons. The lowest BCUT2D eigenvalue weighted by molar-refractivity contribution is -0.155. The van der Waals surface area contributed by atoms with Gasteiger partial charge in [0.1, 0.15) is 5.75 Å². The van der Waals surface area contributed by atoms with E-state index in [0.29, 0.717) is 15.8 Å². The molecule has 0 N–H and O–H groups in total. The van der Waals surface area contributed by atoms with Crippen molar-refractivity contribution < 1.29 is 14.3 Å². The first-order valence-corrected chi connectivity index (χ1v) is 7.00. The van der Waals surface area contributed by atoms with E-state index in [1.807, 2.05) is 13.8 Å². The maximum Gasteiger partial charge on any atom is 0.347 e. The van der Waals surface area contributed by atoms with Gasteiger partial charge in [-0.25, -0.2) is 4.79 Å². The third kappa shape index (κ3) is 4.75. The van der Waals surface area contributed by atoms with Gasteiger partial charge in [0, 0.05) is 6.07 Å². The molecule has 19 heavy (non-hydrogen) atoms. The molecule has 0 amide bonds. The second-order valence-corrected chi connectivity index (χ2v) is 5.33. The van der Waals surface area contributed by atoms with E-state index in [1.165, 1.54) is 12.1 Å². The van der Waals surface area contributed by atoms with Gasteiger partial charge in [-0.1, -0.05) is 41.7 Å². The lowest BCUT2D eigenvalue weighted by Gasteiger charge is -2.18. The molecule has 0 saturated carbocycles. The predicted octanol–water partition coefficient (Wildman–Crippen LogP) is 4.76. The van der Waals surface area contributed by atoms with Gasteiger partial charge >= 0.3 is 5.97 Å². The summed E-state index contributed by atoms with van der Waals surface area (Å²) in [5.74, 6) is -0.152. The molecule has 0 spiro atoms. The van der Waals surface area contributed by atoms with Crippen molar-refractivity contribution in [3.63, 3.8) is 0 Å². The Morgan fingerprint density at radius 2 is 1.74 bits per heavy atom. The fourth-order valence-electron chi connectivity index (χ4n) is 1.21. The Labute approximate surface area is 127 Å². The lowest BCUT2D eigenvalue weighted by Crippen LogP contribution is -2.29. The van der Waals surface area contributed by atoms with Gasteiger partial charge in [0.15, 0.2) is 6.10 Å². The number of carbonyl (C=O) groups excluding carboxylic acids is 1. The van der Waals surface area contributed by atoms with Crippen LogP contribution in [0.3, 0.4) is 0 Å². The molecule has 0 radical (unpaired) electrons. The molecule has 1 rings (SSSR count). The maximum absolute atomic E-state index is 11.7. The van der Waals surface area contributed by atoms with Crippen LogP contribution >= 0.6 is 34.8 Å². The summed E-state index contributed by atoms with van der Waals surface area (Å²) in [5, 5.41) is 0.926. The van der Waals surface area contributed by atoms with E-state index in [4.69, 9.17) is 44.3 Å². The zero-order valence-corrected chi connectivity index (χ0v) is 13.1. The number of esters is 1. The van der Waals surface area contributed by atoms with Crippen LogP contribution in [0, 0.1) is 0 Å². The summed E-state index contributed by atoms with van der Waals surface area (Å²) in [7, 11) is 0. The van der Waals surface area contributed by atoms with Gasteiger partial charge < -0.3 is 9.47 Å². The molecule has 0 fully saturated rings. The third-order valence-corrected chi connectivity index (χ3v) is 3.52. The number of hydrogen-bond donors (Lipinski definition) is 0. The zero-order chi connectivity index (χ0) is 14.6. The SMILES string of the molecule is CCC(C)OC(=O)C(C)Oc1cc(Cl)c(Cl)cc1Cl. The van der Waals surface area contributed by atoms with Gasteiger partial charge in [0.2, 0.25) is 0 Å². The van der Waals surface area contributed by atoms with Crippen molar-refractivity contribution in [3.8, 4) is 5.75 Å². The van der Waals surface area contributed by atoms with Gasteiger partial charge in [-0.3, -0.25) is 0 Å². The van der Waals surface area contributed by atoms with E-state index in [1.54, 1.807) is 6.92 Å². The van der Waals surface area contributed by atoms with Crippen molar-refractivity contribution in [3.05, 3.63) is 27.2 Å². The minimum Gasteiger partial charge on any atom is -0.477 e. The van der Waals surface area contributed by atoms with Crippen LogP contribution in [-0.4, -0.2) is 18.2 Å². The topological polar surface area (TPSA) is 35.5 Å². The smallest absolute Gasteiger partial charge is 0.347 e. The second kappa shape index (κ2) is 7.22. The van der Waals surface area contributed by atoms with Gasteiger partial charge in [-0.2, -0.15) is 0 Å². The van der Waals surface area contributed by atoms with Gasteiger partial charge in [0.05, 0.1) is 21.2 Å². The monoisotopic (exact) mass is 324 g/mol. The molecule has 0 aliphatic carbocycles. The van der Waals surface area contributed by atoms with E-state index in [0.717, 1.165) is 6.42 Å². The second-order valence-electron chi connectivity index (χ2n) is 4.11. The highest BCUT2D eigenvalue weighted by Crippen LogP contribution is 2.34. The van der Waals surface area contributed by atoms with Crippen LogP contribution in [0.4, 0.5) is 0 Å². The van der Waals surface area contributed by atoms with Crippen LogP contribution in [0.15, 0.2) is 12.1 Å². The van der Waals surface area contributed by atoms with Crippen molar-refractivity contribution >= 4 is 40.8 Å². The molecule has 1 aromatic carbocycles. The molecule has 0 aromatic heterocycles. The van der Waals surface area contributed by atoms with Crippen molar-refractivity contribution in [2.75, 3.05) is 0 Å². The summed E-state index contributed by atoms with van der Waals surface area (Å²) in [6.07, 6.45) is -0.182. The Bertz CT molecular complexity index is 463. The van der Waals surface area contributed by atoms with Crippen LogP contribution in [0.25, 0.3) is 0 Å².